The normalized spacial score (nSPS) is 20.6. The van der Waals surface area contributed by atoms with E-state index in [0.29, 0.717) is 11.7 Å². The predicted octanol–water partition coefficient (Wildman–Crippen LogP) is 2.41. The fourth-order valence-corrected chi connectivity index (χ4v) is 2.68. The molecule has 1 fully saturated rings. The molecule has 1 unspecified atom stereocenters. The van der Waals surface area contributed by atoms with Crippen molar-refractivity contribution in [2.24, 2.45) is 0 Å². The highest BCUT2D eigenvalue weighted by Crippen LogP contribution is 2.35. The smallest absolute Gasteiger partial charge is 0.138 e. The van der Waals surface area contributed by atoms with Crippen LogP contribution in [0.5, 0.6) is 5.75 Å². The molecule has 1 atom stereocenters. The fraction of sp³-hybridized carbons (Fsp3) is 0.357. The maximum absolute atomic E-state index is 10.1. The van der Waals surface area contributed by atoms with Crippen LogP contribution in [-0.2, 0) is 0 Å². The first kappa shape index (κ1) is 10.5. The minimum atomic E-state index is 0.331. The molecule has 0 saturated carbocycles. The van der Waals surface area contributed by atoms with Gasteiger partial charge in [-0.2, -0.15) is 0 Å². The third-order valence-corrected chi connectivity index (χ3v) is 3.50. The minimum Gasteiger partial charge on any atom is -0.506 e. The van der Waals surface area contributed by atoms with Crippen LogP contribution in [0, 0.1) is 0 Å². The Hall–Kier alpha value is -1.61. The maximum Gasteiger partial charge on any atom is 0.138 e. The summed E-state index contributed by atoms with van der Waals surface area (Å²) in [5.41, 5.74) is 2.02. The van der Waals surface area contributed by atoms with Gasteiger partial charge in [0.1, 0.15) is 5.75 Å². The molecule has 1 aromatic carbocycles. The van der Waals surface area contributed by atoms with E-state index in [9.17, 15) is 5.11 Å². The average Bonchev–Trinajstić information content (AvgIpc) is 2.39. The van der Waals surface area contributed by atoms with Gasteiger partial charge in [-0.25, -0.2) is 0 Å². The monoisotopic (exact) mass is 228 g/mol. The molecule has 3 heteroatoms. The summed E-state index contributed by atoms with van der Waals surface area (Å²) >= 11 is 0. The molecular formula is C14H16N2O. The molecule has 1 aromatic heterocycles. The van der Waals surface area contributed by atoms with E-state index in [1.54, 1.807) is 6.20 Å². The molecule has 1 saturated heterocycles. The second-order valence-electron chi connectivity index (χ2n) is 4.62. The van der Waals surface area contributed by atoms with Gasteiger partial charge < -0.3 is 10.4 Å². The van der Waals surface area contributed by atoms with Crippen molar-refractivity contribution in [3.05, 3.63) is 36.0 Å². The van der Waals surface area contributed by atoms with Gasteiger partial charge in [-0.3, -0.25) is 4.98 Å². The van der Waals surface area contributed by atoms with Gasteiger partial charge >= 0.3 is 0 Å². The number of rotatable bonds is 1. The Morgan fingerprint density at radius 2 is 2.18 bits per heavy atom. The highest BCUT2D eigenvalue weighted by Gasteiger charge is 2.20. The van der Waals surface area contributed by atoms with Crippen LogP contribution in [0.25, 0.3) is 10.9 Å². The first-order valence-corrected chi connectivity index (χ1v) is 6.13. The summed E-state index contributed by atoms with van der Waals surface area (Å²) in [7, 11) is 0. The Morgan fingerprint density at radius 1 is 1.29 bits per heavy atom. The molecule has 1 aliphatic rings. The lowest BCUT2D eigenvalue weighted by Gasteiger charge is -2.24. The highest BCUT2D eigenvalue weighted by molar-refractivity contribution is 5.84. The first-order valence-electron chi connectivity index (χ1n) is 6.13. The Bertz CT molecular complexity index is 533. The van der Waals surface area contributed by atoms with Crippen LogP contribution in [0.3, 0.4) is 0 Å². The summed E-state index contributed by atoms with van der Waals surface area (Å²) in [4.78, 5) is 4.27. The topological polar surface area (TPSA) is 45.2 Å². The van der Waals surface area contributed by atoms with Crippen LogP contribution < -0.4 is 5.32 Å². The lowest BCUT2D eigenvalue weighted by atomic mass is 9.89. The molecular weight excluding hydrogens is 212 g/mol. The summed E-state index contributed by atoms with van der Waals surface area (Å²) in [5.74, 6) is 0.731. The number of aromatic nitrogens is 1. The largest absolute Gasteiger partial charge is 0.506 e. The van der Waals surface area contributed by atoms with Crippen LogP contribution >= 0.6 is 0 Å². The number of hydrogen-bond donors (Lipinski definition) is 2. The molecule has 0 radical (unpaired) electrons. The number of aromatic hydroxyl groups is 1. The van der Waals surface area contributed by atoms with Gasteiger partial charge in [-0.15, -0.1) is 0 Å². The average molecular weight is 228 g/mol. The predicted molar refractivity (Wildman–Crippen MR) is 68.3 cm³/mol. The highest BCUT2D eigenvalue weighted by atomic mass is 16.3. The number of fused-ring (bicyclic) bond motifs is 1. The van der Waals surface area contributed by atoms with Crippen molar-refractivity contribution in [3.8, 4) is 5.75 Å². The summed E-state index contributed by atoms with van der Waals surface area (Å²) in [6.07, 6.45) is 3.88. The van der Waals surface area contributed by atoms with Crippen LogP contribution in [0.1, 0.15) is 24.3 Å². The van der Waals surface area contributed by atoms with Gasteiger partial charge in [0.15, 0.2) is 0 Å². The van der Waals surface area contributed by atoms with E-state index in [4.69, 9.17) is 0 Å². The second-order valence-corrected chi connectivity index (χ2v) is 4.62. The summed E-state index contributed by atoms with van der Waals surface area (Å²) in [6, 6.07) is 8.03. The third kappa shape index (κ3) is 1.87. The van der Waals surface area contributed by atoms with E-state index in [1.807, 2.05) is 24.3 Å². The van der Waals surface area contributed by atoms with E-state index in [1.165, 1.54) is 6.42 Å². The van der Waals surface area contributed by atoms with E-state index in [0.717, 1.165) is 36.0 Å². The fourth-order valence-electron chi connectivity index (χ4n) is 2.68. The molecule has 3 rings (SSSR count). The number of piperidine rings is 1. The third-order valence-electron chi connectivity index (χ3n) is 3.50. The molecule has 2 N–H and O–H groups in total. The number of pyridine rings is 1. The van der Waals surface area contributed by atoms with Gasteiger partial charge in [0.2, 0.25) is 0 Å². The van der Waals surface area contributed by atoms with Crippen molar-refractivity contribution < 1.29 is 5.11 Å². The molecule has 3 nitrogen and oxygen atoms in total. The van der Waals surface area contributed by atoms with Crippen molar-refractivity contribution in [3.63, 3.8) is 0 Å². The number of nitrogens with zero attached hydrogens (tertiary/aromatic N) is 1. The Kier molecular flexibility index (Phi) is 2.69. The molecule has 0 aliphatic carbocycles. The SMILES string of the molecule is Oc1cnc2ccccc2c1C1CCCNC1. The zero-order valence-corrected chi connectivity index (χ0v) is 9.69. The van der Waals surface area contributed by atoms with Crippen molar-refractivity contribution in [1.29, 1.82) is 0 Å². The van der Waals surface area contributed by atoms with Crippen LogP contribution in [0.15, 0.2) is 30.5 Å². The van der Waals surface area contributed by atoms with Gasteiger partial charge in [0, 0.05) is 23.4 Å². The first-order chi connectivity index (χ1) is 8.36. The lowest BCUT2D eigenvalue weighted by molar-refractivity contribution is 0.426. The van der Waals surface area contributed by atoms with Crippen molar-refractivity contribution in [2.45, 2.75) is 18.8 Å². The van der Waals surface area contributed by atoms with Gasteiger partial charge in [0.05, 0.1) is 11.7 Å². The number of nitrogens with one attached hydrogen (secondary N) is 1. The zero-order chi connectivity index (χ0) is 11.7. The summed E-state index contributed by atoms with van der Waals surface area (Å²) in [5, 5.41) is 14.5. The van der Waals surface area contributed by atoms with Gasteiger partial charge in [-0.1, -0.05) is 18.2 Å². The quantitative estimate of drug-likeness (QED) is 0.787. The minimum absolute atomic E-state index is 0.331. The summed E-state index contributed by atoms with van der Waals surface area (Å²) in [6.45, 7) is 2.03. The number of hydrogen-bond acceptors (Lipinski definition) is 3. The van der Waals surface area contributed by atoms with Crippen LogP contribution in [-0.4, -0.2) is 23.2 Å². The van der Waals surface area contributed by atoms with Crippen molar-refractivity contribution >= 4 is 10.9 Å². The molecule has 2 aromatic rings. The summed E-state index contributed by atoms with van der Waals surface area (Å²) < 4.78 is 0. The van der Waals surface area contributed by atoms with Crippen LogP contribution in [0.2, 0.25) is 0 Å². The maximum atomic E-state index is 10.1. The Morgan fingerprint density at radius 3 is 3.00 bits per heavy atom. The van der Waals surface area contributed by atoms with Gasteiger partial charge in [-0.05, 0) is 25.5 Å². The molecule has 88 valence electrons. The molecule has 0 bridgehead atoms. The Balaban J connectivity index is 2.15. The standard InChI is InChI=1S/C14H16N2O/c17-13-9-16-12-6-2-1-5-11(12)14(13)10-4-3-7-15-8-10/h1-2,5-6,9-10,15,17H,3-4,7-8H2. The number of benzene rings is 1. The zero-order valence-electron chi connectivity index (χ0n) is 9.69. The van der Waals surface area contributed by atoms with Crippen molar-refractivity contribution in [1.82, 2.24) is 10.3 Å². The molecule has 2 heterocycles. The van der Waals surface area contributed by atoms with Crippen molar-refractivity contribution in [2.75, 3.05) is 13.1 Å². The van der Waals surface area contributed by atoms with E-state index < -0.39 is 0 Å². The lowest BCUT2D eigenvalue weighted by Crippen LogP contribution is -2.28. The number of para-hydroxylation sites is 1. The Labute approximate surface area is 100 Å². The van der Waals surface area contributed by atoms with Crippen LogP contribution in [0.4, 0.5) is 0 Å². The molecule has 0 amide bonds. The van der Waals surface area contributed by atoms with E-state index in [-0.39, 0.29) is 0 Å². The van der Waals surface area contributed by atoms with E-state index >= 15 is 0 Å². The molecule has 17 heavy (non-hydrogen) atoms. The van der Waals surface area contributed by atoms with Gasteiger partial charge in [0.25, 0.3) is 0 Å². The second kappa shape index (κ2) is 4.34. The molecule has 0 spiro atoms. The van der Waals surface area contributed by atoms with E-state index in [2.05, 4.69) is 10.3 Å². The molecule has 1 aliphatic heterocycles.